The molecule has 1 fully saturated rings. The van der Waals surface area contributed by atoms with E-state index in [9.17, 15) is 0 Å². The van der Waals surface area contributed by atoms with Crippen LogP contribution < -0.4 is 16.4 Å². The Morgan fingerprint density at radius 2 is 1.88 bits per heavy atom. The van der Waals surface area contributed by atoms with Crippen LogP contribution in [-0.2, 0) is 13.6 Å². The summed E-state index contributed by atoms with van der Waals surface area (Å²) in [6.45, 7) is 0.668. The van der Waals surface area contributed by atoms with Gasteiger partial charge in [0.25, 0.3) is 0 Å². The molecule has 2 aromatic heterocycles. The fourth-order valence-corrected chi connectivity index (χ4v) is 3.33. The maximum absolute atomic E-state index is 6.00. The molecule has 4 N–H and O–H groups in total. The van der Waals surface area contributed by atoms with Gasteiger partial charge in [-0.3, -0.25) is 0 Å². The van der Waals surface area contributed by atoms with Gasteiger partial charge in [-0.2, -0.15) is 9.97 Å². The molecular formula is C18H24N8. The Balaban J connectivity index is 1.57. The van der Waals surface area contributed by atoms with E-state index in [4.69, 9.17) is 5.73 Å². The first-order chi connectivity index (χ1) is 12.7. The molecule has 0 aliphatic heterocycles. The third kappa shape index (κ3) is 3.60. The molecule has 0 amide bonds. The zero-order valence-electron chi connectivity index (χ0n) is 14.9. The number of nitrogens with zero attached hydrogens (tertiary/aromatic N) is 5. The number of anilines is 2. The van der Waals surface area contributed by atoms with E-state index in [0.29, 0.717) is 41.6 Å². The molecule has 0 bridgehead atoms. The number of rotatable bonds is 5. The summed E-state index contributed by atoms with van der Waals surface area (Å²) in [5.41, 5.74) is 8.57. The molecule has 26 heavy (non-hydrogen) atoms. The number of hydrogen-bond acceptors (Lipinski definition) is 7. The molecule has 0 atom stereocenters. The van der Waals surface area contributed by atoms with Crippen molar-refractivity contribution in [2.24, 2.45) is 12.8 Å². The average Bonchev–Trinajstić information content (AvgIpc) is 3.04. The van der Waals surface area contributed by atoms with Crippen LogP contribution in [0.1, 0.15) is 31.2 Å². The van der Waals surface area contributed by atoms with Gasteiger partial charge in [-0.15, -0.1) is 5.10 Å². The van der Waals surface area contributed by atoms with Crippen LogP contribution in [0.3, 0.4) is 0 Å². The van der Waals surface area contributed by atoms with Crippen LogP contribution in [0.4, 0.5) is 11.8 Å². The third-order valence-corrected chi connectivity index (χ3v) is 4.86. The van der Waals surface area contributed by atoms with E-state index in [-0.39, 0.29) is 0 Å². The Morgan fingerprint density at radius 1 is 1.12 bits per heavy atom. The topological polar surface area (TPSA) is 107 Å². The molecule has 8 heteroatoms. The van der Waals surface area contributed by atoms with Crippen molar-refractivity contribution in [1.82, 2.24) is 25.0 Å². The van der Waals surface area contributed by atoms with Gasteiger partial charge in [0, 0.05) is 25.7 Å². The van der Waals surface area contributed by atoms with E-state index >= 15 is 0 Å². The predicted octanol–water partition coefficient (Wildman–Crippen LogP) is 2.05. The maximum Gasteiger partial charge on any atom is 0.227 e. The van der Waals surface area contributed by atoms with E-state index in [0.717, 1.165) is 25.7 Å². The van der Waals surface area contributed by atoms with Gasteiger partial charge in [-0.1, -0.05) is 35.5 Å². The molecule has 0 spiro atoms. The second-order valence-electron chi connectivity index (χ2n) is 6.88. The number of hydrogen-bond donors (Lipinski definition) is 3. The quantitative estimate of drug-likeness (QED) is 0.645. The van der Waals surface area contributed by atoms with Crippen molar-refractivity contribution in [3.05, 3.63) is 35.9 Å². The number of nitrogens with two attached hydrogens (primary N) is 1. The van der Waals surface area contributed by atoms with Crippen LogP contribution in [0.15, 0.2) is 30.3 Å². The highest BCUT2D eigenvalue weighted by molar-refractivity contribution is 5.83. The van der Waals surface area contributed by atoms with Crippen molar-refractivity contribution in [2.75, 3.05) is 10.6 Å². The van der Waals surface area contributed by atoms with Gasteiger partial charge >= 0.3 is 0 Å². The molecule has 0 unspecified atom stereocenters. The van der Waals surface area contributed by atoms with E-state index in [1.807, 2.05) is 25.2 Å². The molecule has 8 nitrogen and oxygen atoms in total. The summed E-state index contributed by atoms with van der Waals surface area (Å²) in [5, 5.41) is 15.1. The van der Waals surface area contributed by atoms with E-state index < -0.39 is 0 Å². The second kappa shape index (κ2) is 7.25. The molecule has 2 heterocycles. The van der Waals surface area contributed by atoms with Crippen LogP contribution in [-0.4, -0.2) is 37.0 Å². The number of fused-ring (bicyclic) bond motifs is 1. The normalized spacial score (nSPS) is 20.2. The highest BCUT2D eigenvalue weighted by Crippen LogP contribution is 2.23. The van der Waals surface area contributed by atoms with E-state index in [1.54, 1.807) is 4.68 Å². The molecule has 0 saturated heterocycles. The minimum absolute atomic E-state index is 0.320. The molecule has 0 radical (unpaired) electrons. The zero-order chi connectivity index (χ0) is 17.9. The van der Waals surface area contributed by atoms with Crippen LogP contribution in [0, 0.1) is 0 Å². The Morgan fingerprint density at radius 3 is 2.65 bits per heavy atom. The second-order valence-corrected chi connectivity index (χ2v) is 6.88. The van der Waals surface area contributed by atoms with Crippen molar-refractivity contribution in [2.45, 2.75) is 44.3 Å². The van der Waals surface area contributed by atoms with Crippen molar-refractivity contribution in [3.63, 3.8) is 0 Å². The SMILES string of the molecule is Cn1nnc2c(NCc3ccccc3)nc(NC3CCC(N)CC3)nc21. The standard InChI is InChI=1S/C18H24N8/c1-26-17-15(24-25-26)16(20-11-12-5-3-2-4-6-12)22-18(23-17)21-14-9-7-13(19)8-10-14/h2-6,13-14H,7-11,19H2,1H3,(H2,20,21,22,23). The summed E-state index contributed by atoms with van der Waals surface area (Å²) in [6, 6.07) is 10.9. The van der Waals surface area contributed by atoms with Crippen molar-refractivity contribution < 1.29 is 0 Å². The first-order valence-corrected chi connectivity index (χ1v) is 9.06. The van der Waals surface area contributed by atoms with E-state index in [1.165, 1.54) is 5.56 Å². The van der Waals surface area contributed by atoms with Crippen LogP contribution in [0.2, 0.25) is 0 Å². The fourth-order valence-electron chi connectivity index (χ4n) is 3.33. The van der Waals surface area contributed by atoms with Gasteiger partial charge in [0.15, 0.2) is 17.0 Å². The number of aryl methyl sites for hydroxylation is 1. The molecule has 3 aromatic rings. The lowest BCUT2D eigenvalue weighted by Crippen LogP contribution is -2.33. The summed E-state index contributed by atoms with van der Waals surface area (Å²) in [7, 11) is 1.84. The molecule has 1 aliphatic rings. The van der Waals surface area contributed by atoms with Gasteiger partial charge in [0.1, 0.15) is 0 Å². The summed E-state index contributed by atoms with van der Waals surface area (Å²) < 4.78 is 1.67. The van der Waals surface area contributed by atoms with Crippen LogP contribution in [0.25, 0.3) is 11.2 Å². The largest absolute Gasteiger partial charge is 0.364 e. The average molecular weight is 352 g/mol. The Labute approximate surface area is 152 Å². The van der Waals surface area contributed by atoms with Crippen LogP contribution >= 0.6 is 0 Å². The van der Waals surface area contributed by atoms with Crippen molar-refractivity contribution in [3.8, 4) is 0 Å². The summed E-state index contributed by atoms with van der Waals surface area (Å²) in [5.74, 6) is 1.31. The van der Waals surface area contributed by atoms with Gasteiger partial charge in [0.2, 0.25) is 5.95 Å². The lowest BCUT2D eigenvalue weighted by atomic mass is 9.92. The smallest absolute Gasteiger partial charge is 0.227 e. The highest BCUT2D eigenvalue weighted by atomic mass is 15.4. The minimum Gasteiger partial charge on any atom is -0.364 e. The molecule has 136 valence electrons. The minimum atomic E-state index is 0.320. The number of aromatic nitrogens is 5. The van der Waals surface area contributed by atoms with Crippen LogP contribution in [0.5, 0.6) is 0 Å². The predicted molar refractivity (Wildman–Crippen MR) is 102 cm³/mol. The number of nitrogens with one attached hydrogen (secondary N) is 2. The number of benzene rings is 1. The summed E-state index contributed by atoms with van der Waals surface area (Å²) in [6.07, 6.45) is 4.15. The Bertz CT molecular complexity index is 868. The molecule has 1 aliphatic carbocycles. The maximum atomic E-state index is 6.00. The molecule has 4 rings (SSSR count). The van der Waals surface area contributed by atoms with Gasteiger partial charge in [-0.05, 0) is 31.2 Å². The van der Waals surface area contributed by atoms with E-state index in [2.05, 4.69) is 43.0 Å². The lowest BCUT2D eigenvalue weighted by molar-refractivity contribution is 0.410. The highest BCUT2D eigenvalue weighted by Gasteiger charge is 2.20. The molecule has 1 saturated carbocycles. The Hall–Kier alpha value is -2.74. The van der Waals surface area contributed by atoms with Gasteiger partial charge < -0.3 is 16.4 Å². The lowest BCUT2D eigenvalue weighted by Gasteiger charge is -2.26. The van der Waals surface area contributed by atoms with Gasteiger partial charge in [0.05, 0.1) is 0 Å². The summed E-state index contributed by atoms with van der Waals surface area (Å²) in [4.78, 5) is 9.27. The molecule has 1 aromatic carbocycles. The molecular weight excluding hydrogens is 328 g/mol. The Kier molecular flexibility index (Phi) is 4.66. The monoisotopic (exact) mass is 352 g/mol. The fraction of sp³-hybridized carbons (Fsp3) is 0.444. The third-order valence-electron chi connectivity index (χ3n) is 4.86. The van der Waals surface area contributed by atoms with Crippen molar-refractivity contribution in [1.29, 1.82) is 0 Å². The first kappa shape index (κ1) is 16.7. The summed E-state index contributed by atoms with van der Waals surface area (Å²) >= 11 is 0. The zero-order valence-corrected chi connectivity index (χ0v) is 14.9. The van der Waals surface area contributed by atoms with Crippen molar-refractivity contribution >= 4 is 22.9 Å². The van der Waals surface area contributed by atoms with Gasteiger partial charge in [-0.25, -0.2) is 4.68 Å². The first-order valence-electron chi connectivity index (χ1n) is 9.06.